The zero-order chi connectivity index (χ0) is 14.0. The van der Waals surface area contributed by atoms with Crippen LogP contribution in [0, 0.1) is 0 Å². The van der Waals surface area contributed by atoms with Gasteiger partial charge in [-0.3, -0.25) is 4.79 Å². The lowest BCUT2D eigenvalue weighted by molar-refractivity contribution is -0.137. The second kappa shape index (κ2) is 4.97. The molecular formula is C10H9F3O4S. The molecule has 0 bridgehead atoms. The van der Waals surface area contributed by atoms with Gasteiger partial charge in [-0.05, 0) is 17.7 Å². The number of aliphatic carboxylic acids is 1. The van der Waals surface area contributed by atoms with E-state index in [-0.39, 0.29) is 5.56 Å². The van der Waals surface area contributed by atoms with E-state index in [0.717, 1.165) is 24.3 Å². The number of halogens is 3. The molecule has 0 aliphatic carbocycles. The molecule has 0 amide bonds. The molecule has 0 fully saturated rings. The Kier molecular flexibility index (Phi) is 4.00. The Balaban J connectivity index is 2.85. The van der Waals surface area contributed by atoms with Gasteiger partial charge in [0.1, 0.15) is 5.75 Å². The van der Waals surface area contributed by atoms with Crippen molar-refractivity contribution in [2.45, 2.75) is 11.9 Å². The van der Waals surface area contributed by atoms with Crippen molar-refractivity contribution in [3.8, 4) is 0 Å². The first-order valence-corrected chi connectivity index (χ1v) is 6.51. The number of carboxylic acid groups (broad SMARTS) is 1. The van der Waals surface area contributed by atoms with Crippen LogP contribution in [0.15, 0.2) is 24.3 Å². The molecule has 0 aromatic heterocycles. The summed E-state index contributed by atoms with van der Waals surface area (Å²) in [5, 5.41) is 8.35. The van der Waals surface area contributed by atoms with Gasteiger partial charge in [0.15, 0.2) is 9.84 Å². The second-order valence-corrected chi connectivity index (χ2v) is 5.69. The van der Waals surface area contributed by atoms with E-state index in [1.165, 1.54) is 0 Å². The van der Waals surface area contributed by atoms with Gasteiger partial charge in [-0.25, -0.2) is 8.42 Å². The summed E-state index contributed by atoms with van der Waals surface area (Å²) in [6, 6.07) is 3.54. The molecule has 1 rings (SSSR count). The summed E-state index contributed by atoms with van der Waals surface area (Å²) in [4.78, 5) is 10.3. The predicted molar refractivity (Wildman–Crippen MR) is 56.6 cm³/mol. The highest BCUT2D eigenvalue weighted by Gasteiger charge is 2.30. The van der Waals surface area contributed by atoms with E-state index in [0.29, 0.717) is 0 Å². The van der Waals surface area contributed by atoms with Crippen molar-refractivity contribution in [1.29, 1.82) is 0 Å². The molecule has 8 heteroatoms. The fourth-order valence-electron chi connectivity index (χ4n) is 1.28. The summed E-state index contributed by atoms with van der Waals surface area (Å²) in [6.07, 6.45) is -4.49. The number of carbonyl (C=O) groups is 1. The third-order valence-corrected chi connectivity index (χ3v) is 3.47. The van der Waals surface area contributed by atoms with Gasteiger partial charge in [0, 0.05) is 0 Å². The van der Waals surface area contributed by atoms with Gasteiger partial charge in [0.25, 0.3) is 0 Å². The minimum atomic E-state index is -4.49. The van der Waals surface area contributed by atoms with Crippen LogP contribution in [-0.4, -0.2) is 25.2 Å². The fourth-order valence-corrected chi connectivity index (χ4v) is 2.46. The first kappa shape index (κ1) is 14.5. The molecule has 18 heavy (non-hydrogen) atoms. The van der Waals surface area contributed by atoms with Crippen LogP contribution < -0.4 is 0 Å². The van der Waals surface area contributed by atoms with E-state index in [1.807, 2.05) is 0 Å². The Morgan fingerprint density at radius 2 is 1.67 bits per heavy atom. The lowest BCUT2D eigenvalue weighted by atomic mass is 10.1. The van der Waals surface area contributed by atoms with Gasteiger partial charge in [0.2, 0.25) is 0 Å². The van der Waals surface area contributed by atoms with Crippen molar-refractivity contribution < 1.29 is 31.5 Å². The smallest absolute Gasteiger partial charge is 0.416 e. The molecule has 0 spiro atoms. The summed E-state index contributed by atoms with van der Waals surface area (Å²) in [5.74, 6) is -3.15. The Morgan fingerprint density at radius 3 is 2.06 bits per heavy atom. The molecule has 100 valence electrons. The topological polar surface area (TPSA) is 71.4 Å². The highest BCUT2D eigenvalue weighted by molar-refractivity contribution is 7.91. The van der Waals surface area contributed by atoms with E-state index < -0.39 is 39.1 Å². The Hall–Kier alpha value is -1.57. The lowest BCUT2D eigenvalue weighted by Crippen LogP contribution is -2.17. The molecule has 1 aromatic rings. The number of rotatable bonds is 4. The molecule has 0 aliphatic rings. The first-order chi connectivity index (χ1) is 8.10. The van der Waals surface area contributed by atoms with Gasteiger partial charge < -0.3 is 5.11 Å². The number of benzene rings is 1. The summed E-state index contributed by atoms with van der Waals surface area (Å²) >= 11 is 0. The van der Waals surface area contributed by atoms with Crippen molar-refractivity contribution in [2.75, 3.05) is 5.75 Å². The fraction of sp³-hybridized carbons (Fsp3) is 0.300. The van der Waals surface area contributed by atoms with E-state index in [2.05, 4.69) is 0 Å². The van der Waals surface area contributed by atoms with E-state index in [1.54, 1.807) is 0 Å². The lowest BCUT2D eigenvalue weighted by Gasteiger charge is -2.07. The van der Waals surface area contributed by atoms with Gasteiger partial charge in [-0.15, -0.1) is 0 Å². The summed E-state index contributed by atoms with van der Waals surface area (Å²) in [5.41, 5.74) is -0.772. The quantitative estimate of drug-likeness (QED) is 0.912. The third kappa shape index (κ3) is 4.36. The highest BCUT2D eigenvalue weighted by atomic mass is 32.2. The maximum atomic E-state index is 12.2. The molecule has 0 heterocycles. The predicted octanol–water partition coefficient (Wildman–Crippen LogP) is 1.70. The third-order valence-electron chi connectivity index (χ3n) is 2.01. The van der Waals surface area contributed by atoms with Crippen molar-refractivity contribution >= 4 is 15.8 Å². The average molecular weight is 282 g/mol. The number of carboxylic acids is 1. The largest absolute Gasteiger partial charge is 0.480 e. The van der Waals surface area contributed by atoms with Crippen molar-refractivity contribution in [2.24, 2.45) is 0 Å². The zero-order valence-electron chi connectivity index (χ0n) is 8.94. The minimum absolute atomic E-state index is 0.115. The SMILES string of the molecule is O=C(O)CS(=O)(=O)Cc1ccc(C(F)(F)F)cc1. The minimum Gasteiger partial charge on any atom is -0.480 e. The van der Waals surface area contributed by atoms with Crippen LogP contribution >= 0.6 is 0 Å². The monoisotopic (exact) mass is 282 g/mol. The van der Waals surface area contributed by atoms with Gasteiger partial charge in [-0.1, -0.05) is 12.1 Å². The Morgan fingerprint density at radius 1 is 1.17 bits per heavy atom. The number of hydrogen-bond acceptors (Lipinski definition) is 3. The Bertz CT molecular complexity index is 531. The Labute approximate surface area is 101 Å². The zero-order valence-corrected chi connectivity index (χ0v) is 9.75. The molecule has 0 atom stereocenters. The van der Waals surface area contributed by atoms with Gasteiger partial charge >= 0.3 is 12.1 Å². The van der Waals surface area contributed by atoms with Gasteiger partial charge in [0.05, 0.1) is 11.3 Å². The van der Waals surface area contributed by atoms with Crippen LogP contribution in [0.1, 0.15) is 11.1 Å². The second-order valence-electron chi connectivity index (χ2n) is 3.62. The molecule has 0 aliphatic heterocycles. The van der Waals surface area contributed by atoms with Crippen LogP contribution in [0.3, 0.4) is 0 Å². The number of alkyl halides is 3. The van der Waals surface area contributed by atoms with Crippen LogP contribution in [0.4, 0.5) is 13.2 Å². The molecule has 1 aromatic carbocycles. The van der Waals surface area contributed by atoms with E-state index in [9.17, 15) is 26.4 Å². The van der Waals surface area contributed by atoms with Crippen LogP contribution in [0.5, 0.6) is 0 Å². The molecular weight excluding hydrogens is 273 g/mol. The summed E-state index contributed by atoms with van der Waals surface area (Å²) in [6.45, 7) is 0. The van der Waals surface area contributed by atoms with Crippen molar-refractivity contribution in [3.05, 3.63) is 35.4 Å². The van der Waals surface area contributed by atoms with Gasteiger partial charge in [-0.2, -0.15) is 13.2 Å². The summed E-state index contributed by atoms with van der Waals surface area (Å²) < 4.78 is 59.3. The standard InChI is InChI=1S/C10H9F3O4S/c11-10(12,13)8-3-1-7(2-4-8)5-18(16,17)6-9(14)15/h1-4H,5-6H2,(H,14,15). The van der Waals surface area contributed by atoms with Crippen molar-refractivity contribution in [3.63, 3.8) is 0 Å². The normalized spacial score (nSPS) is 12.4. The van der Waals surface area contributed by atoms with Crippen LogP contribution in [0.25, 0.3) is 0 Å². The maximum absolute atomic E-state index is 12.2. The molecule has 0 radical (unpaired) electrons. The van der Waals surface area contributed by atoms with Crippen molar-refractivity contribution in [1.82, 2.24) is 0 Å². The average Bonchev–Trinajstić information content (AvgIpc) is 2.13. The van der Waals surface area contributed by atoms with E-state index >= 15 is 0 Å². The molecule has 1 N–H and O–H groups in total. The maximum Gasteiger partial charge on any atom is 0.416 e. The number of sulfone groups is 1. The van der Waals surface area contributed by atoms with Crippen LogP contribution in [-0.2, 0) is 26.6 Å². The summed E-state index contributed by atoms with van der Waals surface area (Å²) in [7, 11) is -3.86. The molecule has 0 saturated carbocycles. The molecule has 0 unspecified atom stereocenters. The highest BCUT2D eigenvalue weighted by Crippen LogP contribution is 2.29. The van der Waals surface area contributed by atoms with E-state index in [4.69, 9.17) is 5.11 Å². The molecule has 0 saturated heterocycles. The first-order valence-electron chi connectivity index (χ1n) is 4.68. The number of hydrogen-bond donors (Lipinski definition) is 1. The van der Waals surface area contributed by atoms with Crippen LogP contribution in [0.2, 0.25) is 0 Å². The molecule has 4 nitrogen and oxygen atoms in total.